The van der Waals surface area contributed by atoms with E-state index in [0.717, 1.165) is 29.8 Å². The van der Waals surface area contributed by atoms with Crippen LogP contribution in [0.1, 0.15) is 39.9 Å². The summed E-state index contributed by atoms with van der Waals surface area (Å²) in [5.74, 6) is 1.36. The van der Waals surface area contributed by atoms with Gasteiger partial charge in [-0.1, -0.05) is 23.8 Å². The zero-order valence-electron chi connectivity index (χ0n) is 14.0. The molecule has 1 amide bonds. The highest BCUT2D eigenvalue weighted by Crippen LogP contribution is 2.29. The van der Waals surface area contributed by atoms with Crippen molar-refractivity contribution in [3.63, 3.8) is 0 Å². The van der Waals surface area contributed by atoms with Crippen LogP contribution in [-0.2, 0) is 0 Å². The van der Waals surface area contributed by atoms with E-state index in [4.69, 9.17) is 4.42 Å². The molecule has 0 N–H and O–H groups in total. The minimum absolute atomic E-state index is 0.0953. The van der Waals surface area contributed by atoms with Crippen molar-refractivity contribution in [1.82, 2.24) is 15.1 Å². The molecule has 2 aromatic heterocycles. The van der Waals surface area contributed by atoms with Gasteiger partial charge in [-0.2, -0.15) is 0 Å². The first kappa shape index (κ1) is 16.0. The largest absolute Gasteiger partial charge is 0.420 e. The summed E-state index contributed by atoms with van der Waals surface area (Å²) in [6.45, 7) is 3.46. The van der Waals surface area contributed by atoms with Crippen molar-refractivity contribution in [2.24, 2.45) is 0 Å². The third kappa shape index (κ3) is 3.35. The number of amides is 1. The quantitative estimate of drug-likeness (QED) is 0.710. The number of thiophene rings is 1. The normalized spacial score (nSPS) is 17.6. The van der Waals surface area contributed by atoms with Crippen LogP contribution in [0.3, 0.4) is 0 Å². The highest BCUT2D eigenvalue weighted by Gasteiger charge is 2.29. The Morgan fingerprint density at radius 2 is 2.08 bits per heavy atom. The van der Waals surface area contributed by atoms with E-state index in [1.54, 1.807) is 0 Å². The number of rotatable bonds is 3. The van der Waals surface area contributed by atoms with E-state index in [1.807, 2.05) is 53.6 Å². The minimum Gasteiger partial charge on any atom is -0.420 e. The molecule has 0 aliphatic carbocycles. The van der Waals surface area contributed by atoms with Crippen LogP contribution in [0.15, 0.2) is 46.2 Å². The molecule has 5 nitrogen and oxygen atoms in total. The SMILES string of the molecule is Cc1ccc(-c2nnc([C@H]3CCCN(C(=O)c4cccs4)C3)o2)cc1. The first-order valence-corrected chi connectivity index (χ1v) is 9.32. The Kier molecular flexibility index (Phi) is 4.36. The predicted molar refractivity (Wildman–Crippen MR) is 96.7 cm³/mol. The van der Waals surface area contributed by atoms with Gasteiger partial charge < -0.3 is 9.32 Å². The summed E-state index contributed by atoms with van der Waals surface area (Å²) in [5, 5.41) is 10.4. The highest BCUT2D eigenvalue weighted by molar-refractivity contribution is 7.12. The Balaban J connectivity index is 1.50. The van der Waals surface area contributed by atoms with Crippen molar-refractivity contribution in [2.75, 3.05) is 13.1 Å². The van der Waals surface area contributed by atoms with Gasteiger partial charge >= 0.3 is 0 Å². The number of aromatic nitrogens is 2. The van der Waals surface area contributed by atoms with Crippen molar-refractivity contribution < 1.29 is 9.21 Å². The van der Waals surface area contributed by atoms with Crippen LogP contribution >= 0.6 is 11.3 Å². The fourth-order valence-electron chi connectivity index (χ4n) is 3.13. The second-order valence-electron chi connectivity index (χ2n) is 6.38. The van der Waals surface area contributed by atoms with Crippen molar-refractivity contribution in [2.45, 2.75) is 25.7 Å². The van der Waals surface area contributed by atoms with E-state index in [-0.39, 0.29) is 11.8 Å². The maximum atomic E-state index is 12.6. The smallest absolute Gasteiger partial charge is 0.263 e. The molecule has 1 fully saturated rings. The van der Waals surface area contributed by atoms with E-state index in [1.165, 1.54) is 16.9 Å². The summed E-state index contributed by atoms with van der Waals surface area (Å²) in [6.07, 6.45) is 1.91. The maximum absolute atomic E-state index is 12.6. The highest BCUT2D eigenvalue weighted by atomic mass is 32.1. The summed E-state index contributed by atoms with van der Waals surface area (Å²) >= 11 is 1.48. The molecule has 6 heteroatoms. The fraction of sp³-hybridized carbons (Fsp3) is 0.316. The second kappa shape index (κ2) is 6.80. The first-order chi connectivity index (χ1) is 12.2. The number of aryl methyl sites for hydroxylation is 1. The third-order valence-corrected chi connectivity index (χ3v) is 5.39. The van der Waals surface area contributed by atoms with Gasteiger partial charge in [-0.3, -0.25) is 4.79 Å². The van der Waals surface area contributed by atoms with E-state index in [2.05, 4.69) is 10.2 Å². The molecule has 0 bridgehead atoms. The van der Waals surface area contributed by atoms with Crippen LogP contribution in [-0.4, -0.2) is 34.1 Å². The van der Waals surface area contributed by atoms with Crippen LogP contribution in [0.5, 0.6) is 0 Å². The van der Waals surface area contributed by atoms with Crippen molar-refractivity contribution in [3.8, 4) is 11.5 Å². The minimum atomic E-state index is 0.0953. The number of hydrogen-bond acceptors (Lipinski definition) is 5. The molecular weight excluding hydrogens is 334 g/mol. The van der Waals surface area contributed by atoms with E-state index in [9.17, 15) is 4.79 Å². The van der Waals surface area contributed by atoms with Gasteiger partial charge in [-0.15, -0.1) is 21.5 Å². The van der Waals surface area contributed by atoms with E-state index in [0.29, 0.717) is 18.3 Å². The van der Waals surface area contributed by atoms with Gasteiger partial charge in [0.05, 0.1) is 10.8 Å². The molecule has 1 atom stereocenters. The molecule has 1 aromatic carbocycles. The van der Waals surface area contributed by atoms with Crippen molar-refractivity contribution >= 4 is 17.2 Å². The zero-order chi connectivity index (χ0) is 17.2. The van der Waals surface area contributed by atoms with Gasteiger partial charge in [-0.25, -0.2) is 0 Å². The summed E-state index contributed by atoms with van der Waals surface area (Å²) in [7, 11) is 0. The molecule has 0 radical (unpaired) electrons. The number of benzene rings is 1. The lowest BCUT2D eigenvalue weighted by molar-refractivity contribution is 0.0703. The molecule has 3 aromatic rings. The van der Waals surface area contributed by atoms with Crippen LogP contribution in [0.25, 0.3) is 11.5 Å². The molecule has 128 valence electrons. The third-order valence-electron chi connectivity index (χ3n) is 4.53. The number of piperidine rings is 1. The lowest BCUT2D eigenvalue weighted by atomic mass is 9.98. The number of hydrogen-bond donors (Lipinski definition) is 0. The molecule has 1 aliphatic heterocycles. The maximum Gasteiger partial charge on any atom is 0.263 e. The van der Waals surface area contributed by atoms with E-state index >= 15 is 0 Å². The Labute approximate surface area is 150 Å². The molecule has 25 heavy (non-hydrogen) atoms. The topological polar surface area (TPSA) is 59.2 Å². The molecule has 3 heterocycles. The molecular formula is C19H19N3O2S. The first-order valence-electron chi connectivity index (χ1n) is 8.44. The summed E-state index contributed by atoms with van der Waals surface area (Å²) in [6, 6.07) is 11.8. The second-order valence-corrected chi connectivity index (χ2v) is 7.33. The fourth-order valence-corrected chi connectivity index (χ4v) is 3.82. The summed E-state index contributed by atoms with van der Waals surface area (Å²) in [4.78, 5) is 15.2. The van der Waals surface area contributed by atoms with Crippen LogP contribution in [0.2, 0.25) is 0 Å². The predicted octanol–water partition coefficient (Wildman–Crippen LogP) is 4.13. The Hall–Kier alpha value is -2.47. The number of carbonyl (C=O) groups excluding carboxylic acids is 1. The summed E-state index contributed by atoms with van der Waals surface area (Å²) in [5.41, 5.74) is 2.12. The molecule has 4 rings (SSSR count). The zero-order valence-corrected chi connectivity index (χ0v) is 14.8. The monoisotopic (exact) mass is 353 g/mol. The summed E-state index contributed by atoms with van der Waals surface area (Å²) < 4.78 is 5.91. The lowest BCUT2D eigenvalue weighted by Gasteiger charge is -2.30. The average molecular weight is 353 g/mol. The van der Waals surface area contributed by atoms with Crippen molar-refractivity contribution in [3.05, 3.63) is 58.1 Å². The molecule has 0 unspecified atom stereocenters. The van der Waals surface area contributed by atoms with Gasteiger partial charge in [0, 0.05) is 18.7 Å². The Bertz CT molecular complexity index is 855. The van der Waals surface area contributed by atoms with E-state index < -0.39 is 0 Å². The number of likely N-dealkylation sites (tertiary alicyclic amines) is 1. The van der Waals surface area contributed by atoms with Crippen LogP contribution in [0, 0.1) is 6.92 Å². The van der Waals surface area contributed by atoms with Gasteiger partial charge in [0.2, 0.25) is 11.8 Å². The van der Waals surface area contributed by atoms with Gasteiger partial charge in [0.1, 0.15) is 0 Å². The van der Waals surface area contributed by atoms with Gasteiger partial charge in [0.25, 0.3) is 5.91 Å². The molecule has 0 spiro atoms. The Morgan fingerprint density at radius 3 is 2.84 bits per heavy atom. The van der Waals surface area contributed by atoms with Gasteiger partial charge in [0.15, 0.2) is 0 Å². The van der Waals surface area contributed by atoms with Crippen LogP contribution < -0.4 is 0 Å². The standard InChI is InChI=1S/C19H19N3O2S/c1-13-6-8-14(9-7-13)17-20-21-18(24-17)15-4-2-10-22(12-15)19(23)16-5-3-11-25-16/h3,5-9,11,15H,2,4,10,12H2,1H3/t15-/m0/s1. The lowest BCUT2D eigenvalue weighted by Crippen LogP contribution is -2.38. The molecule has 1 saturated heterocycles. The van der Waals surface area contributed by atoms with Gasteiger partial charge in [-0.05, 0) is 43.3 Å². The van der Waals surface area contributed by atoms with Crippen LogP contribution in [0.4, 0.5) is 0 Å². The number of nitrogens with zero attached hydrogens (tertiary/aromatic N) is 3. The molecule has 1 aliphatic rings. The van der Waals surface area contributed by atoms with Crippen molar-refractivity contribution in [1.29, 1.82) is 0 Å². The molecule has 0 saturated carbocycles. The average Bonchev–Trinajstić information content (AvgIpc) is 3.34. The Morgan fingerprint density at radius 1 is 1.24 bits per heavy atom. The number of carbonyl (C=O) groups is 1.